The Morgan fingerprint density at radius 3 is 2.42 bits per heavy atom. The number of aryl methyl sites for hydroxylation is 2. The lowest BCUT2D eigenvalue weighted by atomic mass is 10.0. The van der Waals surface area contributed by atoms with Gasteiger partial charge in [0.25, 0.3) is 5.56 Å². The van der Waals surface area contributed by atoms with Gasteiger partial charge in [0.1, 0.15) is 17.6 Å². The summed E-state index contributed by atoms with van der Waals surface area (Å²) < 4.78 is 20.1. The van der Waals surface area contributed by atoms with Gasteiger partial charge >= 0.3 is 11.9 Å². The molecule has 0 bridgehead atoms. The summed E-state index contributed by atoms with van der Waals surface area (Å²) in [6.45, 7) is 9.44. The molecule has 1 aliphatic rings. The Morgan fingerprint density at radius 1 is 1.07 bits per heavy atom. The number of ether oxygens (including phenoxy) is 2. The lowest BCUT2D eigenvalue weighted by Gasteiger charge is -2.22. The first-order chi connectivity index (χ1) is 19.1. The molecule has 0 saturated heterocycles. The summed E-state index contributed by atoms with van der Waals surface area (Å²) in [7, 11) is 1.35. The second-order valence-electron chi connectivity index (χ2n) is 9.45. The summed E-state index contributed by atoms with van der Waals surface area (Å²) >= 11 is 1.26. The minimum atomic E-state index is -0.785. The minimum Gasteiger partial charge on any atom is -0.465 e. The van der Waals surface area contributed by atoms with Crippen LogP contribution in [0.3, 0.4) is 0 Å². The predicted molar refractivity (Wildman–Crippen MR) is 150 cm³/mol. The maximum absolute atomic E-state index is 13.9. The molecule has 0 aliphatic carbocycles. The number of carbonyl (C=O) groups is 2. The van der Waals surface area contributed by atoms with Gasteiger partial charge in [-0.1, -0.05) is 11.3 Å². The molecular formula is C30H29N3O6S. The molecule has 0 unspecified atom stereocenters. The number of furan rings is 1. The van der Waals surface area contributed by atoms with Crippen LogP contribution in [0.1, 0.15) is 58.7 Å². The zero-order valence-electron chi connectivity index (χ0n) is 23.1. The lowest BCUT2D eigenvalue weighted by Crippen LogP contribution is -2.39. The number of allylic oxidation sites excluding steroid dienone is 1. The SMILES string of the molecule is CCOC(=O)C1=C(C)N=c2s/c(=C/c3cc(C)n(-c4ccc(C(=O)OC)cc4)c3C)c(=O)n2[C@@H]1c1ccc(C)o1. The molecule has 40 heavy (non-hydrogen) atoms. The fraction of sp³-hybridized carbons (Fsp3) is 0.267. The second kappa shape index (κ2) is 10.6. The van der Waals surface area contributed by atoms with Crippen molar-refractivity contribution in [3.05, 3.63) is 107 Å². The number of rotatable bonds is 6. The van der Waals surface area contributed by atoms with E-state index in [1.165, 1.54) is 23.0 Å². The number of nitrogens with zero attached hydrogens (tertiary/aromatic N) is 3. The highest BCUT2D eigenvalue weighted by Crippen LogP contribution is 2.31. The van der Waals surface area contributed by atoms with Gasteiger partial charge in [-0.2, -0.15) is 0 Å². The van der Waals surface area contributed by atoms with Gasteiger partial charge in [0.15, 0.2) is 4.80 Å². The molecule has 1 aliphatic heterocycles. The van der Waals surface area contributed by atoms with E-state index in [2.05, 4.69) is 9.56 Å². The van der Waals surface area contributed by atoms with Gasteiger partial charge in [0, 0.05) is 17.1 Å². The first-order valence-corrected chi connectivity index (χ1v) is 13.6. The van der Waals surface area contributed by atoms with Crippen molar-refractivity contribution in [1.82, 2.24) is 9.13 Å². The molecule has 5 rings (SSSR count). The Kier molecular flexibility index (Phi) is 7.20. The predicted octanol–water partition coefficient (Wildman–Crippen LogP) is 3.89. The molecule has 206 valence electrons. The van der Waals surface area contributed by atoms with Crippen LogP contribution in [-0.2, 0) is 14.3 Å². The van der Waals surface area contributed by atoms with E-state index >= 15 is 0 Å². The van der Waals surface area contributed by atoms with E-state index in [1.54, 1.807) is 38.1 Å². The van der Waals surface area contributed by atoms with Crippen molar-refractivity contribution in [2.24, 2.45) is 4.99 Å². The Hall–Kier alpha value is -4.44. The van der Waals surface area contributed by atoms with Gasteiger partial charge in [-0.3, -0.25) is 9.36 Å². The molecule has 1 aromatic carbocycles. The molecule has 0 saturated carbocycles. The van der Waals surface area contributed by atoms with E-state index in [0.29, 0.717) is 32.1 Å². The van der Waals surface area contributed by atoms with E-state index in [1.807, 2.05) is 45.0 Å². The van der Waals surface area contributed by atoms with Gasteiger partial charge in [-0.25, -0.2) is 14.6 Å². The second-order valence-corrected chi connectivity index (χ2v) is 10.5. The van der Waals surface area contributed by atoms with Crippen molar-refractivity contribution in [1.29, 1.82) is 0 Å². The molecule has 0 radical (unpaired) electrons. The first-order valence-electron chi connectivity index (χ1n) is 12.8. The molecule has 10 heteroatoms. The Balaban J connectivity index is 1.63. The van der Waals surface area contributed by atoms with Gasteiger partial charge in [-0.15, -0.1) is 0 Å². The number of esters is 2. The normalized spacial score (nSPS) is 15.2. The van der Waals surface area contributed by atoms with E-state index in [-0.39, 0.29) is 17.7 Å². The average Bonchev–Trinajstić information content (AvgIpc) is 3.58. The van der Waals surface area contributed by atoms with E-state index < -0.39 is 18.0 Å². The number of hydrogen-bond donors (Lipinski definition) is 0. The van der Waals surface area contributed by atoms with Crippen LogP contribution in [0.5, 0.6) is 0 Å². The molecule has 1 atom stereocenters. The number of benzene rings is 1. The van der Waals surface area contributed by atoms with Crippen molar-refractivity contribution in [3.63, 3.8) is 0 Å². The van der Waals surface area contributed by atoms with Gasteiger partial charge in [-0.05, 0) is 88.7 Å². The summed E-state index contributed by atoms with van der Waals surface area (Å²) in [6.07, 6.45) is 1.85. The number of fused-ring (bicyclic) bond motifs is 1. The van der Waals surface area contributed by atoms with Crippen molar-refractivity contribution < 1.29 is 23.5 Å². The fourth-order valence-electron chi connectivity index (χ4n) is 5.00. The number of methoxy groups -OCH3 is 1. The van der Waals surface area contributed by atoms with Crippen LogP contribution < -0.4 is 14.9 Å². The topological polar surface area (TPSA) is 105 Å². The number of thiazole rings is 1. The summed E-state index contributed by atoms with van der Waals surface area (Å²) in [5, 5.41) is 0. The maximum Gasteiger partial charge on any atom is 0.338 e. The van der Waals surface area contributed by atoms with Gasteiger partial charge < -0.3 is 18.5 Å². The van der Waals surface area contributed by atoms with Crippen LogP contribution in [0, 0.1) is 20.8 Å². The molecule has 0 amide bonds. The first kappa shape index (κ1) is 27.1. The van der Waals surface area contributed by atoms with E-state index in [4.69, 9.17) is 13.9 Å². The smallest absolute Gasteiger partial charge is 0.338 e. The molecule has 0 spiro atoms. The van der Waals surface area contributed by atoms with Crippen molar-refractivity contribution in [2.45, 2.75) is 40.7 Å². The average molecular weight is 560 g/mol. The quantitative estimate of drug-likeness (QED) is 0.332. The van der Waals surface area contributed by atoms with Crippen LogP contribution in [0.15, 0.2) is 67.9 Å². The Labute approximate surface area is 234 Å². The molecule has 0 N–H and O–H groups in total. The Morgan fingerprint density at radius 2 is 1.80 bits per heavy atom. The molecule has 4 heterocycles. The highest BCUT2D eigenvalue weighted by atomic mass is 32.1. The molecule has 0 fully saturated rings. The minimum absolute atomic E-state index is 0.199. The van der Waals surface area contributed by atoms with Gasteiger partial charge in [0.2, 0.25) is 0 Å². The fourth-order valence-corrected chi connectivity index (χ4v) is 6.04. The third kappa shape index (κ3) is 4.64. The molecule has 3 aromatic heterocycles. The lowest BCUT2D eigenvalue weighted by molar-refractivity contribution is -0.139. The summed E-state index contributed by atoms with van der Waals surface area (Å²) in [5.74, 6) is 0.213. The maximum atomic E-state index is 13.9. The van der Waals surface area contributed by atoms with Crippen LogP contribution in [0.2, 0.25) is 0 Å². The summed E-state index contributed by atoms with van der Waals surface area (Å²) in [5.41, 5.74) is 4.60. The van der Waals surface area contributed by atoms with E-state index in [9.17, 15) is 14.4 Å². The zero-order valence-corrected chi connectivity index (χ0v) is 23.9. The van der Waals surface area contributed by atoms with E-state index in [0.717, 1.165) is 22.6 Å². The third-order valence-corrected chi connectivity index (χ3v) is 7.83. The third-order valence-electron chi connectivity index (χ3n) is 6.85. The zero-order chi connectivity index (χ0) is 28.7. The molecule has 9 nitrogen and oxygen atoms in total. The number of carbonyl (C=O) groups excluding carboxylic acids is 2. The van der Waals surface area contributed by atoms with Crippen LogP contribution >= 0.6 is 11.3 Å². The number of aromatic nitrogens is 2. The Bertz CT molecular complexity index is 1850. The standard InChI is InChI=1S/C30H29N3O6S/c1-7-38-29(36)25-18(4)31-30-33(26(25)23-13-8-17(3)39-23)27(34)24(40-30)15-21-14-16(2)32(19(21)5)22-11-9-20(10-12-22)28(35)37-6/h8-15,26H,7H2,1-6H3/b24-15+/t26-/m1/s1. The van der Waals surface area contributed by atoms with Crippen molar-refractivity contribution >= 4 is 29.4 Å². The highest BCUT2D eigenvalue weighted by molar-refractivity contribution is 7.07. The number of hydrogen-bond acceptors (Lipinski definition) is 8. The molecular weight excluding hydrogens is 530 g/mol. The largest absolute Gasteiger partial charge is 0.465 e. The molecule has 4 aromatic rings. The monoisotopic (exact) mass is 559 g/mol. The van der Waals surface area contributed by atoms with Crippen molar-refractivity contribution in [2.75, 3.05) is 13.7 Å². The van der Waals surface area contributed by atoms with Gasteiger partial charge in [0.05, 0.1) is 35.1 Å². The van der Waals surface area contributed by atoms with Crippen LogP contribution in [0.25, 0.3) is 11.8 Å². The summed E-state index contributed by atoms with van der Waals surface area (Å²) in [4.78, 5) is 43.8. The van der Waals surface area contributed by atoms with Crippen LogP contribution in [-0.4, -0.2) is 34.8 Å². The highest BCUT2D eigenvalue weighted by Gasteiger charge is 2.35. The summed E-state index contributed by atoms with van der Waals surface area (Å²) in [6, 6.07) is 11.9. The van der Waals surface area contributed by atoms with Crippen LogP contribution in [0.4, 0.5) is 0 Å². The van der Waals surface area contributed by atoms with Crippen molar-refractivity contribution in [3.8, 4) is 5.69 Å².